The lowest BCUT2D eigenvalue weighted by atomic mass is 9.79. The zero-order valence-electron chi connectivity index (χ0n) is 10.5. The highest BCUT2D eigenvalue weighted by Gasteiger charge is 2.26. The van der Waals surface area contributed by atoms with Gasteiger partial charge in [-0.2, -0.15) is 0 Å². The molecule has 2 atom stereocenters. The summed E-state index contributed by atoms with van der Waals surface area (Å²) in [6.07, 6.45) is 3.52. The number of rotatable bonds is 3. The van der Waals surface area contributed by atoms with Crippen molar-refractivity contribution in [2.24, 2.45) is 11.8 Å². The highest BCUT2D eigenvalue weighted by molar-refractivity contribution is 5.81. The standard InChI is InChI=1S/C14H19NO2/c1-10-6-7-13(16)11(8-10)9-12-4-3-5-14(15-12)17-2/h3-5,10-11H,6-9H2,1-2H3. The number of aromatic nitrogens is 1. The SMILES string of the molecule is COc1cccc(CC2CC(C)CCC2=O)n1. The number of ether oxygens (including phenoxy) is 1. The third kappa shape index (κ3) is 3.05. The molecule has 92 valence electrons. The van der Waals surface area contributed by atoms with Crippen molar-refractivity contribution in [3.05, 3.63) is 23.9 Å². The number of Topliss-reactive ketones (excluding diaryl/α,β-unsaturated/α-hetero) is 1. The molecule has 0 radical (unpaired) electrons. The molecule has 1 aliphatic carbocycles. The molecule has 1 saturated carbocycles. The molecule has 1 aromatic heterocycles. The van der Waals surface area contributed by atoms with Crippen molar-refractivity contribution < 1.29 is 9.53 Å². The zero-order valence-corrected chi connectivity index (χ0v) is 10.5. The van der Waals surface area contributed by atoms with Crippen LogP contribution in [0.25, 0.3) is 0 Å². The summed E-state index contributed by atoms with van der Waals surface area (Å²) in [4.78, 5) is 16.2. The van der Waals surface area contributed by atoms with Crippen molar-refractivity contribution in [2.75, 3.05) is 7.11 Å². The number of hydrogen-bond acceptors (Lipinski definition) is 3. The van der Waals surface area contributed by atoms with Gasteiger partial charge in [0.15, 0.2) is 0 Å². The van der Waals surface area contributed by atoms with Gasteiger partial charge >= 0.3 is 0 Å². The van der Waals surface area contributed by atoms with Gasteiger partial charge in [0, 0.05) is 24.1 Å². The van der Waals surface area contributed by atoms with Crippen molar-refractivity contribution in [3.63, 3.8) is 0 Å². The number of ketones is 1. The Morgan fingerprint density at radius 1 is 1.47 bits per heavy atom. The molecule has 3 heteroatoms. The van der Waals surface area contributed by atoms with Gasteiger partial charge in [-0.15, -0.1) is 0 Å². The van der Waals surface area contributed by atoms with Crippen LogP contribution in [0.3, 0.4) is 0 Å². The Labute approximate surface area is 102 Å². The molecular weight excluding hydrogens is 214 g/mol. The first-order chi connectivity index (χ1) is 8.19. The molecule has 0 spiro atoms. The van der Waals surface area contributed by atoms with Crippen LogP contribution < -0.4 is 4.74 Å². The maximum atomic E-state index is 11.8. The summed E-state index contributed by atoms with van der Waals surface area (Å²) in [6.45, 7) is 2.22. The number of methoxy groups -OCH3 is 1. The summed E-state index contributed by atoms with van der Waals surface area (Å²) in [6, 6.07) is 5.72. The minimum Gasteiger partial charge on any atom is -0.481 e. The molecule has 0 aromatic carbocycles. The van der Waals surface area contributed by atoms with Crippen molar-refractivity contribution >= 4 is 5.78 Å². The molecule has 0 saturated heterocycles. The van der Waals surface area contributed by atoms with Crippen LogP contribution in [0.15, 0.2) is 18.2 Å². The molecule has 1 heterocycles. The van der Waals surface area contributed by atoms with Crippen molar-refractivity contribution in [1.82, 2.24) is 4.98 Å². The maximum Gasteiger partial charge on any atom is 0.213 e. The molecule has 0 bridgehead atoms. The second-order valence-corrected chi connectivity index (χ2v) is 4.92. The van der Waals surface area contributed by atoms with Gasteiger partial charge in [0.05, 0.1) is 7.11 Å². The molecular formula is C14H19NO2. The molecule has 0 N–H and O–H groups in total. The lowest BCUT2D eigenvalue weighted by Crippen LogP contribution is -2.25. The summed E-state index contributed by atoms with van der Waals surface area (Å²) in [5.74, 6) is 1.83. The molecule has 2 rings (SSSR count). The van der Waals surface area contributed by atoms with E-state index in [4.69, 9.17) is 4.74 Å². The monoisotopic (exact) mass is 233 g/mol. The zero-order chi connectivity index (χ0) is 12.3. The van der Waals surface area contributed by atoms with E-state index in [-0.39, 0.29) is 5.92 Å². The third-order valence-electron chi connectivity index (χ3n) is 3.47. The normalized spacial score (nSPS) is 24.7. The van der Waals surface area contributed by atoms with Crippen LogP contribution >= 0.6 is 0 Å². The predicted octanol–water partition coefficient (Wildman–Crippen LogP) is 2.64. The molecule has 1 aromatic rings. The van der Waals surface area contributed by atoms with E-state index in [1.165, 1.54) is 0 Å². The first kappa shape index (κ1) is 12.1. The maximum absolute atomic E-state index is 11.8. The van der Waals surface area contributed by atoms with Gasteiger partial charge < -0.3 is 4.74 Å². The lowest BCUT2D eigenvalue weighted by molar-refractivity contribution is -0.125. The fourth-order valence-corrected chi connectivity index (χ4v) is 2.46. The molecule has 3 nitrogen and oxygen atoms in total. The predicted molar refractivity (Wildman–Crippen MR) is 66.0 cm³/mol. The highest BCUT2D eigenvalue weighted by atomic mass is 16.5. The number of carbonyl (C=O) groups excluding carboxylic acids is 1. The van der Waals surface area contributed by atoms with E-state index in [1.54, 1.807) is 7.11 Å². The van der Waals surface area contributed by atoms with E-state index in [0.717, 1.165) is 31.4 Å². The fraction of sp³-hybridized carbons (Fsp3) is 0.571. The largest absolute Gasteiger partial charge is 0.481 e. The fourth-order valence-electron chi connectivity index (χ4n) is 2.46. The van der Waals surface area contributed by atoms with Gasteiger partial charge in [0.25, 0.3) is 0 Å². The van der Waals surface area contributed by atoms with Crippen LogP contribution in [0.4, 0.5) is 0 Å². The number of pyridine rings is 1. The van der Waals surface area contributed by atoms with Crippen molar-refractivity contribution in [1.29, 1.82) is 0 Å². The van der Waals surface area contributed by atoms with Gasteiger partial charge in [0.2, 0.25) is 5.88 Å². The Hall–Kier alpha value is -1.38. The smallest absolute Gasteiger partial charge is 0.213 e. The lowest BCUT2D eigenvalue weighted by Gasteiger charge is -2.25. The van der Waals surface area contributed by atoms with E-state index < -0.39 is 0 Å². The van der Waals surface area contributed by atoms with Gasteiger partial charge in [0.1, 0.15) is 5.78 Å². The van der Waals surface area contributed by atoms with Crippen molar-refractivity contribution in [3.8, 4) is 5.88 Å². The molecule has 1 fully saturated rings. The first-order valence-electron chi connectivity index (χ1n) is 6.21. The number of carbonyl (C=O) groups is 1. The topological polar surface area (TPSA) is 39.2 Å². The van der Waals surface area contributed by atoms with E-state index in [0.29, 0.717) is 17.6 Å². The molecule has 0 amide bonds. The molecule has 0 aliphatic heterocycles. The van der Waals surface area contributed by atoms with E-state index in [2.05, 4.69) is 11.9 Å². The summed E-state index contributed by atoms with van der Waals surface area (Å²) < 4.78 is 5.10. The van der Waals surface area contributed by atoms with Gasteiger partial charge in [-0.3, -0.25) is 4.79 Å². The summed E-state index contributed by atoms with van der Waals surface area (Å²) in [5, 5.41) is 0. The highest BCUT2D eigenvalue weighted by Crippen LogP contribution is 2.28. The number of nitrogens with zero attached hydrogens (tertiary/aromatic N) is 1. The van der Waals surface area contributed by atoms with Gasteiger partial charge in [-0.1, -0.05) is 13.0 Å². The van der Waals surface area contributed by atoms with Crippen LogP contribution in [0.1, 0.15) is 31.9 Å². The molecule has 1 aliphatic rings. The Morgan fingerprint density at radius 2 is 2.29 bits per heavy atom. The van der Waals surface area contributed by atoms with Crippen LogP contribution in [0, 0.1) is 11.8 Å². The second-order valence-electron chi connectivity index (χ2n) is 4.92. The average molecular weight is 233 g/mol. The van der Waals surface area contributed by atoms with E-state index in [9.17, 15) is 4.79 Å². The van der Waals surface area contributed by atoms with E-state index in [1.807, 2.05) is 18.2 Å². The van der Waals surface area contributed by atoms with Crippen LogP contribution in [-0.2, 0) is 11.2 Å². The van der Waals surface area contributed by atoms with Gasteiger partial charge in [-0.25, -0.2) is 4.98 Å². The summed E-state index contributed by atoms with van der Waals surface area (Å²) in [5.41, 5.74) is 0.955. The third-order valence-corrected chi connectivity index (χ3v) is 3.47. The van der Waals surface area contributed by atoms with Crippen LogP contribution in [-0.4, -0.2) is 17.9 Å². The molecule has 2 unspecified atom stereocenters. The second kappa shape index (κ2) is 5.30. The van der Waals surface area contributed by atoms with E-state index >= 15 is 0 Å². The average Bonchev–Trinajstić information content (AvgIpc) is 2.34. The minimum atomic E-state index is 0.151. The first-order valence-corrected chi connectivity index (χ1v) is 6.21. The summed E-state index contributed by atoms with van der Waals surface area (Å²) in [7, 11) is 1.61. The Bertz CT molecular complexity index is 403. The van der Waals surface area contributed by atoms with Crippen LogP contribution in [0.5, 0.6) is 5.88 Å². The van der Waals surface area contributed by atoms with Gasteiger partial charge in [-0.05, 0) is 31.2 Å². The minimum absolute atomic E-state index is 0.151. The van der Waals surface area contributed by atoms with Crippen LogP contribution in [0.2, 0.25) is 0 Å². The van der Waals surface area contributed by atoms with Crippen molar-refractivity contribution in [2.45, 2.75) is 32.6 Å². The Balaban J connectivity index is 2.05. The number of hydrogen-bond donors (Lipinski definition) is 0. The Morgan fingerprint density at radius 3 is 3.06 bits per heavy atom. The molecule has 17 heavy (non-hydrogen) atoms. The Kier molecular flexibility index (Phi) is 3.77. The summed E-state index contributed by atoms with van der Waals surface area (Å²) >= 11 is 0. The quantitative estimate of drug-likeness (QED) is 0.805.